The van der Waals surface area contributed by atoms with Crippen LogP contribution in [0.1, 0.15) is 12.5 Å². The Morgan fingerprint density at radius 1 is 1.30 bits per heavy atom. The first kappa shape index (κ1) is 16.0. The van der Waals surface area contributed by atoms with Gasteiger partial charge in [-0.1, -0.05) is 12.1 Å². The van der Waals surface area contributed by atoms with E-state index in [0.29, 0.717) is 6.42 Å². The Bertz CT molecular complexity index is 459. The Kier molecular flexibility index (Phi) is 5.99. The Morgan fingerprint density at radius 2 is 1.90 bits per heavy atom. The van der Waals surface area contributed by atoms with E-state index in [-0.39, 0.29) is 11.7 Å². The molecule has 1 rings (SSSR count). The second-order valence-corrected chi connectivity index (χ2v) is 4.47. The van der Waals surface area contributed by atoms with Crippen LogP contribution in [0.25, 0.3) is 0 Å². The lowest BCUT2D eigenvalue weighted by molar-refractivity contribution is -0.145. The second-order valence-electron chi connectivity index (χ2n) is 4.47. The highest BCUT2D eigenvalue weighted by atomic mass is 16.5. The summed E-state index contributed by atoms with van der Waals surface area (Å²) < 4.78 is 4.70. The standard InChI is InChI=1S/C14H20N2O4/c1-9(15-2)13(18)16-12(14(19)20-3)8-10-4-6-11(17)7-5-10/h4-7,9,12,15,17H,8H2,1-3H3,(H,16,18)/t9-,12-/m0/s1. The summed E-state index contributed by atoms with van der Waals surface area (Å²) in [6.45, 7) is 1.70. The fraction of sp³-hybridized carbons (Fsp3) is 0.429. The normalized spacial score (nSPS) is 13.3. The number of methoxy groups -OCH3 is 1. The van der Waals surface area contributed by atoms with Gasteiger partial charge < -0.3 is 20.5 Å². The van der Waals surface area contributed by atoms with E-state index in [2.05, 4.69) is 10.6 Å². The fourth-order valence-corrected chi connectivity index (χ4v) is 1.63. The number of carbonyl (C=O) groups is 2. The number of amides is 1. The van der Waals surface area contributed by atoms with Crippen molar-refractivity contribution in [3.8, 4) is 5.75 Å². The number of carbonyl (C=O) groups excluding carboxylic acids is 2. The van der Waals surface area contributed by atoms with Gasteiger partial charge in [0, 0.05) is 6.42 Å². The van der Waals surface area contributed by atoms with Gasteiger partial charge in [0.2, 0.25) is 5.91 Å². The van der Waals surface area contributed by atoms with Crippen molar-refractivity contribution in [2.24, 2.45) is 0 Å². The average molecular weight is 280 g/mol. The van der Waals surface area contributed by atoms with E-state index in [4.69, 9.17) is 4.74 Å². The third kappa shape index (κ3) is 4.55. The minimum absolute atomic E-state index is 0.149. The highest BCUT2D eigenvalue weighted by molar-refractivity contribution is 5.87. The maximum Gasteiger partial charge on any atom is 0.328 e. The van der Waals surface area contributed by atoms with E-state index < -0.39 is 18.1 Å². The van der Waals surface area contributed by atoms with Crippen molar-refractivity contribution < 1.29 is 19.4 Å². The molecule has 0 aromatic heterocycles. The molecule has 0 spiro atoms. The molecule has 2 atom stereocenters. The van der Waals surface area contributed by atoms with Gasteiger partial charge in [-0.25, -0.2) is 4.79 Å². The molecule has 0 aliphatic carbocycles. The molecule has 0 aliphatic rings. The van der Waals surface area contributed by atoms with E-state index in [1.807, 2.05) is 0 Å². The van der Waals surface area contributed by atoms with E-state index >= 15 is 0 Å². The van der Waals surface area contributed by atoms with Gasteiger partial charge in [-0.05, 0) is 31.7 Å². The van der Waals surface area contributed by atoms with Crippen LogP contribution in [-0.2, 0) is 20.7 Å². The van der Waals surface area contributed by atoms with Gasteiger partial charge in [-0.3, -0.25) is 4.79 Å². The summed E-state index contributed by atoms with van der Waals surface area (Å²) in [7, 11) is 2.94. The first-order valence-electron chi connectivity index (χ1n) is 6.31. The molecule has 0 bridgehead atoms. The smallest absolute Gasteiger partial charge is 0.328 e. The Labute approximate surface area is 118 Å². The number of benzene rings is 1. The van der Waals surface area contributed by atoms with E-state index in [9.17, 15) is 14.7 Å². The molecule has 0 radical (unpaired) electrons. The predicted octanol–water partition coefficient (Wildman–Crippen LogP) is 0.200. The summed E-state index contributed by atoms with van der Waals surface area (Å²) >= 11 is 0. The maximum atomic E-state index is 11.8. The molecular formula is C14H20N2O4. The summed E-state index contributed by atoms with van der Waals surface area (Å²) in [5.74, 6) is -0.632. The molecule has 0 saturated heterocycles. The molecule has 0 unspecified atom stereocenters. The van der Waals surface area contributed by atoms with Crippen molar-refractivity contribution in [1.82, 2.24) is 10.6 Å². The zero-order valence-corrected chi connectivity index (χ0v) is 11.8. The van der Waals surface area contributed by atoms with Gasteiger partial charge in [-0.15, -0.1) is 0 Å². The Balaban J connectivity index is 2.77. The second kappa shape index (κ2) is 7.49. The van der Waals surface area contributed by atoms with Crippen molar-refractivity contribution in [3.63, 3.8) is 0 Å². The Hall–Kier alpha value is -2.08. The van der Waals surface area contributed by atoms with Crippen LogP contribution < -0.4 is 10.6 Å². The van der Waals surface area contributed by atoms with Crippen molar-refractivity contribution in [1.29, 1.82) is 0 Å². The molecule has 0 aliphatic heterocycles. The van der Waals surface area contributed by atoms with Crippen LogP contribution >= 0.6 is 0 Å². The minimum Gasteiger partial charge on any atom is -0.508 e. The summed E-state index contributed by atoms with van der Waals surface area (Å²) in [4.78, 5) is 23.6. The number of likely N-dealkylation sites (N-methyl/N-ethyl adjacent to an activating group) is 1. The number of hydrogen-bond donors (Lipinski definition) is 3. The van der Waals surface area contributed by atoms with Gasteiger partial charge in [0.05, 0.1) is 13.2 Å². The minimum atomic E-state index is -0.757. The number of hydrogen-bond acceptors (Lipinski definition) is 5. The van der Waals surface area contributed by atoms with Crippen LogP contribution in [-0.4, -0.2) is 43.2 Å². The largest absolute Gasteiger partial charge is 0.508 e. The maximum absolute atomic E-state index is 11.8. The van der Waals surface area contributed by atoms with Crippen LogP contribution in [0.2, 0.25) is 0 Å². The Morgan fingerprint density at radius 3 is 2.40 bits per heavy atom. The van der Waals surface area contributed by atoms with Gasteiger partial charge >= 0.3 is 5.97 Å². The molecule has 1 amide bonds. The first-order valence-corrected chi connectivity index (χ1v) is 6.31. The summed E-state index contributed by atoms with van der Waals surface area (Å²) in [5, 5.41) is 14.7. The number of aromatic hydroxyl groups is 1. The van der Waals surface area contributed by atoms with Gasteiger partial charge in [0.25, 0.3) is 0 Å². The van der Waals surface area contributed by atoms with Crippen LogP contribution in [0, 0.1) is 0 Å². The molecule has 1 aromatic rings. The van der Waals surface area contributed by atoms with Crippen LogP contribution in [0.3, 0.4) is 0 Å². The van der Waals surface area contributed by atoms with E-state index in [1.165, 1.54) is 19.2 Å². The molecule has 0 saturated carbocycles. The van der Waals surface area contributed by atoms with Crippen molar-refractivity contribution in [2.75, 3.05) is 14.2 Å². The lowest BCUT2D eigenvalue weighted by Gasteiger charge is -2.19. The van der Waals surface area contributed by atoms with Crippen molar-refractivity contribution in [3.05, 3.63) is 29.8 Å². The number of phenols is 1. The highest BCUT2D eigenvalue weighted by Crippen LogP contribution is 2.11. The zero-order valence-electron chi connectivity index (χ0n) is 11.8. The van der Waals surface area contributed by atoms with Crippen LogP contribution in [0.15, 0.2) is 24.3 Å². The third-order valence-corrected chi connectivity index (χ3v) is 3.00. The SMILES string of the molecule is CN[C@@H](C)C(=O)N[C@@H](Cc1ccc(O)cc1)C(=O)OC. The van der Waals surface area contributed by atoms with Gasteiger partial charge in [-0.2, -0.15) is 0 Å². The molecule has 20 heavy (non-hydrogen) atoms. The number of phenolic OH excluding ortho intramolecular Hbond substituents is 1. The van der Waals surface area contributed by atoms with Crippen LogP contribution in [0.5, 0.6) is 5.75 Å². The zero-order chi connectivity index (χ0) is 15.1. The lowest BCUT2D eigenvalue weighted by Crippen LogP contribution is -2.49. The van der Waals surface area contributed by atoms with Gasteiger partial charge in [0.1, 0.15) is 11.8 Å². The predicted molar refractivity (Wildman–Crippen MR) is 74.3 cm³/mol. The molecule has 0 fully saturated rings. The topological polar surface area (TPSA) is 87.7 Å². The number of ether oxygens (including phenoxy) is 1. The molecule has 3 N–H and O–H groups in total. The third-order valence-electron chi connectivity index (χ3n) is 3.00. The summed E-state index contributed by atoms with van der Waals surface area (Å²) in [5.41, 5.74) is 0.815. The molecule has 6 heteroatoms. The lowest BCUT2D eigenvalue weighted by atomic mass is 10.1. The quantitative estimate of drug-likeness (QED) is 0.648. The molecule has 0 heterocycles. The molecule has 1 aromatic carbocycles. The monoisotopic (exact) mass is 280 g/mol. The van der Waals surface area contributed by atoms with E-state index in [0.717, 1.165) is 5.56 Å². The molecule has 6 nitrogen and oxygen atoms in total. The first-order chi connectivity index (χ1) is 9.47. The van der Waals surface area contributed by atoms with Crippen molar-refractivity contribution in [2.45, 2.75) is 25.4 Å². The number of nitrogens with one attached hydrogen (secondary N) is 2. The number of rotatable bonds is 6. The highest BCUT2D eigenvalue weighted by Gasteiger charge is 2.23. The van der Waals surface area contributed by atoms with Crippen molar-refractivity contribution >= 4 is 11.9 Å². The molecular weight excluding hydrogens is 260 g/mol. The van der Waals surface area contributed by atoms with Crippen LogP contribution in [0.4, 0.5) is 0 Å². The average Bonchev–Trinajstić information content (AvgIpc) is 2.46. The fourth-order valence-electron chi connectivity index (χ4n) is 1.63. The molecule has 110 valence electrons. The summed E-state index contributed by atoms with van der Waals surface area (Å²) in [6, 6.07) is 5.29. The van der Waals surface area contributed by atoms with E-state index in [1.54, 1.807) is 26.1 Å². The van der Waals surface area contributed by atoms with Gasteiger partial charge in [0.15, 0.2) is 0 Å². The number of esters is 1. The summed E-state index contributed by atoms with van der Waals surface area (Å²) in [6.07, 6.45) is 0.301.